The molecule has 1 atom stereocenters. The number of hydrogen-bond donors (Lipinski definition) is 0. The van der Waals surface area contributed by atoms with Crippen molar-refractivity contribution in [2.45, 2.75) is 24.0 Å². The number of rotatable bonds is 3. The zero-order chi connectivity index (χ0) is 12.3. The normalized spacial score (nSPS) is 17.7. The average molecular weight is 288 g/mol. The maximum absolute atomic E-state index is 11.8. The zero-order valence-corrected chi connectivity index (χ0v) is 12.2. The van der Waals surface area contributed by atoms with Gasteiger partial charge in [-0.1, -0.05) is 12.1 Å². The molecule has 3 nitrogen and oxygen atoms in total. The van der Waals surface area contributed by atoms with Crippen molar-refractivity contribution >= 4 is 35.8 Å². The number of nitrogens with zero attached hydrogens (tertiary/aromatic N) is 1. The Bertz CT molecular complexity index is 414. The molecular formula is C13H18ClNO2S. The molecule has 0 spiro atoms. The maximum atomic E-state index is 11.8. The maximum Gasteiger partial charge on any atom is 0.321 e. The third kappa shape index (κ3) is 3.12. The van der Waals surface area contributed by atoms with Gasteiger partial charge in [0.15, 0.2) is 0 Å². The summed E-state index contributed by atoms with van der Waals surface area (Å²) in [6.45, 7) is 6.04. The molecule has 1 aliphatic rings. The minimum Gasteiger partial charge on any atom is -0.465 e. The van der Waals surface area contributed by atoms with Crippen molar-refractivity contribution in [1.29, 1.82) is 0 Å². The fraction of sp³-hybridized carbons (Fsp3) is 0.462. The first-order valence-electron chi connectivity index (χ1n) is 5.93. The third-order valence-corrected chi connectivity index (χ3v) is 4.02. The van der Waals surface area contributed by atoms with Gasteiger partial charge in [-0.15, -0.1) is 24.2 Å². The second-order valence-corrected chi connectivity index (χ2v) is 5.11. The van der Waals surface area contributed by atoms with Crippen LogP contribution < -0.4 is 4.90 Å². The van der Waals surface area contributed by atoms with Crippen molar-refractivity contribution < 1.29 is 9.53 Å². The van der Waals surface area contributed by atoms with Crippen LogP contribution in [0, 0.1) is 0 Å². The van der Waals surface area contributed by atoms with Crippen LogP contribution in [0.25, 0.3) is 0 Å². The van der Waals surface area contributed by atoms with Crippen LogP contribution in [0.15, 0.2) is 29.2 Å². The van der Waals surface area contributed by atoms with Gasteiger partial charge in [-0.05, 0) is 26.0 Å². The molecule has 1 aromatic carbocycles. The number of para-hydroxylation sites is 1. The summed E-state index contributed by atoms with van der Waals surface area (Å²) >= 11 is 1.61. The molecule has 1 aliphatic heterocycles. The molecule has 1 heterocycles. The molecule has 0 bridgehead atoms. The van der Waals surface area contributed by atoms with Crippen LogP contribution in [0.3, 0.4) is 0 Å². The lowest BCUT2D eigenvalue weighted by atomic mass is 10.2. The highest BCUT2D eigenvalue weighted by atomic mass is 35.5. The van der Waals surface area contributed by atoms with E-state index in [0.717, 1.165) is 13.1 Å². The SMILES string of the molecule is CCOC(=O)C1CN(CC)c2ccccc2S1.Cl. The first-order chi connectivity index (χ1) is 8.26. The number of thioether (sulfide) groups is 1. The Morgan fingerprint density at radius 2 is 2.17 bits per heavy atom. The van der Waals surface area contributed by atoms with Gasteiger partial charge in [-0.25, -0.2) is 0 Å². The van der Waals surface area contributed by atoms with E-state index in [1.807, 2.05) is 19.1 Å². The van der Waals surface area contributed by atoms with E-state index in [1.165, 1.54) is 10.6 Å². The van der Waals surface area contributed by atoms with E-state index in [-0.39, 0.29) is 23.6 Å². The van der Waals surface area contributed by atoms with E-state index in [9.17, 15) is 4.79 Å². The number of fused-ring (bicyclic) bond motifs is 1. The Morgan fingerprint density at radius 3 is 2.83 bits per heavy atom. The highest BCUT2D eigenvalue weighted by molar-refractivity contribution is 8.00. The van der Waals surface area contributed by atoms with E-state index in [2.05, 4.69) is 24.0 Å². The molecule has 18 heavy (non-hydrogen) atoms. The van der Waals surface area contributed by atoms with E-state index < -0.39 is 0 Å². The Hall–Kier alpha value is -0.870. The van der Waals surface area contributed by atoms with Crippen LogP contribution in [0.2, 0.25) is 0 Å². The van der Waals surface area contributed by atoms with Crippen LogP contribution in [-0.2, 0) is 9.53 Å². The van der Waals surface area contributed by atoms with Gasteiger partial charge in [-0.3, -0.25) is 4.79 Å². The number of benzene rings is 1. The molecule has 0 saturated carbocycles. The van der Waals surface area contributed by atoms with Gasteiger partial charge in [0.05, 0.1) is 12.3 Å². The van der Waals surface area contributed by atoms with E-state index in [0.29, 0.717) is 6.61 Å². The summed E-state index contributed by atoms with van der Waals surface area (Å²) in [5.74, 6) is -0.106. The van der Waals surface area contributed by atoms with Gasteiger partial charge in [0.2, 0.25) is 0 Å². The van der Waals surface area contributed by atoms with Crippen LogP contribution in [-0.4, -0.2) is 30.9 Å². The summed E-state index contributed by atoms with van der Waals surface area (Å²) in [5.41, 5.74) is 1.22. The monoisotopic (exact) mass is 287 g/mol. The molecule has 5 heteroatoms. The first-order valence-corrected chi connectivity index (χ1v) is 6.81. The standard InChI is InChI=1S/C13H17NO2S.ClH/c1-3-14-9-12(13(15)16-4-2)17-11-8-6-5-7-10(11)14;/h5-8,12H,3-4,9H2,1-2H3;1H. The lowest BCUT2D eigenvalue weighted by molar-refractivity contribution is -0.142. The third-order valence-electron chi connectivity index (χ3n) is 2.79. The molecule has 0 fully saturated rings. The zero-order valence-electron chi connectivity index (χ0n) is 10.6. The van der Waals surface area contributed by atoms with Gasteiger partial charge in [0, 0.05) is 18.0 Å². The van der Waals surface area contributed by atoms with E-state index >= 15 is 0 Å². The van der Waals surface area contributed by atoms with Crippen molar-refractivity contribution in [3.63, 3.8) is 0 Å². The minimum absolute atomic E-state index is 0. The van der Waals surface area contributed by atoms with Gasteiger partial charge in [0.1, 0.15) is 5.25 Å². The minimum atomic E-state index is -0.107. The molecular weight excluding hydrogens is 270 g/mol. The van der Waals surface area contributed by atoms with Gasteiger partial charge in [-0.2, -0.15) is 0 Å². The molecule has 1 unspecified atom stereocenters. The van der Waals surface area contributed by atoms with Gasteiger partial charge in [0.25, 0.3) is 0 Å². The van der Waals surface area contributed by atoms with Crippen molar-refractivity contribution in [2.24, 2.45) is 0 Å². The van der Waals surface area contributed by atoms with Crippen LogP contribution in [0.4, 0.5) is 5.69 Å². The smallest absolute Gasteiger partial charge is 0.321 e. The molecule has 100 valence electrons. The first kappa shape index (κ1) is 15.2. The molecule has 0 aromatic heterocycles. The van der Waals surface area contributed by atoms with Crippen molar-refractivity contribution in [3.05, 3.63) is 24.3 Å². The number of carbonyl (C=O) groups excluding carboxylic acids is 1. The Labute approximate surface area is 118 Å². The fourth-order valence-corrected chi connectivity index (χ4v) is 3.16. The quantitative estimate of drug-likeness (QED) is 0.800. The number of halogens is 1. The highest BCUT2D eigenvalue weighted by Gasteiger charge is 2.29. The van der Waals surface area contributed by atoms with E-state index in [1.54, 1.807) is 11.8 Å². The van der Waals surface area contributed by atoms with Gasteiger partial charge < -0.3 is 9.64 Å². The molecule has 0 N–H and O–H groups in total. The fourth-order valence-electron chi connectivity index (χ4n) is 1.96. The molecule has 0 amide bonds. The largest absolute Gasteiger partial charge is 0.465 e. The Kier molecular flexibility index (Phi) is 5.82. The van der Waals surface area contributed by atoms with Crippen molar-refractivity contribution in [3.8, 4) is 0 Å². The van der Waals surface area contributed by atoms with Crippen molar-refractivity contribution in [1.82, 2.24) is 0 Å². The summed E-state index contributed by atoms with van der Waals surface area (Å²) in [6.07, 6.45) is 0. The summed E-state index contributed by atoms with van der Waals surface area (Å²) < 4.78 is 5.10. The summed E-state index contributed by atoms with van der Waals surface area (Å²) in [7, 11) is 0. The lowest BCUT2D eigenvalue weighted by Gasteiger charge is -2.33. The highest BCUT2D eigenvalue weighted by Crippen LogP contribution is 2.38. The lowest BCUT2D eigenvalue weighted by Crippen LogP contribution is -2.39. The summed E-state index contributed by atoms with van der Waals surface area (Å²) in [5, 5.41) is -0.107. The number of carbonyl (C=O) groups is 1. The molecule has 0 saturated heterocycles. The molecule has 1 aromatic rings. The predicted molar refractivity (Wildman–Crippen MR) is 77.9 cm³/mol. The van der Waals surface area contributed by atoms with E-state index in [4.69, 9.17) is 4.74 Å². The summed E-state index contributed by atoms with van der Waals surface area (Å²) in [4.78, 5) is 15.2. The summed E-state index contributed by atoms with van der Waals surface area (Å²) in [6, 6.07) is 8.21. The Morgan fingerprint density at radius 1 is 1.44 bits per heavy atom. The number of ether oxygens (including phenoxy) is 1. The topological polar surface area (TPSA) is 29.5 Å². The van der Waals surface area contributed by atoms with Gasteiger partial charge >= 0.3 is 5.97 Å². The molecule has 0 aliphatic carbocycles. The molecule has 2 rings (SSSR count). The second-order valence-electron chi connectivity index (χ2n) is 3.86. The molecule has 0 radical (unpaired) electrons. The number of esters is 1. The predicted octanol–water partition coefficient (Wildman–Crippen LogP) is 2.97. The second kappa shape index (κ2) is 6.90. The van der Waals surface area contributed by atoms with Crippen molar-refractivity contribution in [2.75, 3.05) is 24.6 Å². The van der Waals surface area contributed by atoms with Crippen LogP contribution in [0.5, 0.6) is 0 Å². The number of anilines is 1. The van der Waals surface area contributed by atoms with Crippen LogP contribution >= 0.6 is 24.2 Å². The number of hydrogen-bond acceptors (Lipinski definition) is 4. The van der Waals surface area contributed by atoms with Crippen LogP contribution in [0.1, 0.15) is 13.8 Å². The average Bonchev–Trinajstić information content (AvgIpc) is 2.37. The Balaban J connectivity index is 0.00000162.